The number of hydrogen-bond acceptors (Lipinski definition) is 2. The minimum atomic E-state index is 0.212. The molecule has 1 unspecified atom stereocenters. The maximum Gasteiger partial charge on any atom is 0.227 e. The van der Waals surface area contributed by atoms with E-state index in [2.05, 4.69) is 24.4 Å². The quantitative estimate of drug-likeness (QED) is 0.853. The van der Waals surface area contributed by atoms with Crippen molar-refractivity contribution in [2.75, 3.05) is 20.1 Å². The van der Waals surface area contributed by atoms with Crippen molar-refractivity contribution in [1.82, 2.24) is 10.2 Å². The van der Waals surface area contributed by atoms with E-state index in [0.717, 1.165) is 25.1 Å². The molecule has 3 heteroatoms. The Bertz CT molecular complexity index is 397. The lowest BCUT2D eigenvalue weighted by Crippen LogP contribution is -2.39. The molecule has 0 aromatic heterocycles. The first-order valence-electron chi connectivity index (χ1n) is 6.19. The highest BCUT2D eigenvalue weighted by Gasteiger charge is 2.22. The van der Waals surface area contributed by atoms with E-state index in [1.807, 2.05) is 24.1 Å². The van der Waals surface area contributed by atoms with E-state index in [9.17, 15) is 4.79 Å². The number of aryl methyl sites for hydroxylation is 1. The number of nitrogens with zero attached hydrogens (tertiary/aromatic N) is 1. The Morgan fingerprint density at radius 1 is 1.53 bits per heavy atom. The Balaban J connectivity index is 1.96. The summed E-state index contributed by atoms with van der Waals surface area (Å²) in [4.78, 5) is 14.0. The summed E-state index contributed by atoms with van der Waals surface area (Å²) in [5, 5.41) is 3.29. The number of nitrogens with one attached hydrogen (secondary N) is 1. The fourth-order valence-corrected chi connectivity index (χ4v) is 2.30. The van der Waals surface area contributed by atoms with Gasteiger partial charge in [-0.25, -0.2) is 0 Å². The van der Waals surface area contributed by atoms with Crippen LogP contribution in [0.3, 0.4) is 0 Å². The van der Waals surface area contributed by atoms with Crippen molar-refractivity contribution < 1.29 is 4.79 Å². The molecule has 0 spiro atoms. The number of carbonyl (C=O) groups is 1. The van der Waals surface area contributed by atoms with Crippen molar-refractivity contribution in [1.29, 1.82) is 0 Å². The highest BCUT2D eigenvalue weighted by atomic mass is 16.2. The van der Waals surface area contributed by atoms with Gasteiger partial charge in [0.1, 0.15) is 0 Å². The van der Waals surface area contributed by atoms with Gasteiger partial charge in [-0.1, -0.05) is 29.8 Å². The van der Waals surface area contributed by atoms with Crippen molar-refractivity contribution in [2.45, 2.75) is 25.8 Å². The first-order chi connectivity index (χ1) is 8.16. The first-order valence-corrected chi connectivity index (χ1v) is 6.19. The predicted molar refractivity (Wildman–Crippen MR) is 68.9 cm³/mol. The highest BCUT2D eigenvalue weighted by Crippen LogP contribution is 2.10. The van der Waals surface area contributed by atoms with E-state index in [4.69, 9.17) is 0 Å². The molecule has 1 saturated heterocycles. The molecule has 0 radical (unpaired) electrons. The molecule has 1 aromatic rings. The lowest BCUT2D eigenvalue weighted by atomic mass is 10.1. The van der Waals surface area contributed by atoms with Gasteiger partial charge in [0.15, 0.2) is 0 Å². The van der Waals surface area contributed by atoms with Crippen LogP contribution in [0.4, 0.5) is 0 Å². The monoisotopic (exact) mass is 232 g/mol. The molecule has 1 aliphatic heterocycles. The van der Waals surface area contributed by atoms with Crippen molar-refractivity contribution in [3.8, 4) is 0 Å². The fourth-order valence-electron chi connectivity index (χ4n) is 2.30. The van der Waals surface area contributed by atoms with Gasteiger partial charge in [0.2, 0.25) is 5.91 Å². The lowest BCUT2D eigenvalue weighted by molar-refractivity contribution is -0.130. The van der Waals surface area contributed by atoms with Crippen LogP contribution in [0.2, 0.25) is 0 Å². The minimum absolute atomic E-state index is 0.212. The maximum absolute atomic E-state index is 12.1. The molecule has 1 aromatic carbocycles. The second kappa shape index (κ2) is 5.32. The molecule has 1 aliphatic rings. The van der Waals surface area contributed by atoms with Gasteiger partial charge in [-0.05, 0) is 25.5 Å². The highest BCUT2D eigenvalue weighted by molar-refractivity contribution is 5.78. The average molecular weight is 232 g/mol. The third kappa shape index (κ3) is 3.07. The normalized spacial score (nSPS) is 19.3. The summed E-state index contributed by atoms with van der Waals surface area (Å²) in [6.07, 6.45) is 1.57. The summed E-state index contributed by atoms with van der Waals surface area (Å²) in [6, 6.07) is 8.53. The molecule has 1 fully saturated rings. The van der Waals surface area contributed by atoms with Crippen LogP contribution in [0.25, 0.3) is 0 Å². The topological polar surface area (TPSA) is 32.3 Å². The van der Waals surface area contributed by atoms with Crippen molar-refractivity contribution in [2.24, 2.45) is 0 Å². The minimum Gasteiger partial charge on any atom is -0.341 e. The molecule has 1 atom stereocenters. The third-order valence-electron chi connectivity index (χ3n) is 3.41. The van der Waals surface area contributed by atoms with E-state index < -0.39 is 0 Å². The SMILES string of the molecule is Cc1cccc(CC(=O)N(C)C2CCNC2)c1. The number of amides is 1. The van der Waals surface area contributed by atoms with Crippen molar-refractivity contribution in [3.63, 3.8) is 0 Å². The van der Waals surface area contributed by atoms with E-state index in [1.54, 1.807) is 0 Å². The van der Waals surface area contributed by atoms with Crippen LogP contribution in [0.1, 0.15) is 17.5 Å². The molecule has 1 N–H and O–H groups in total. The van der Waals surface area contributed by atoms with Crippen LogP contribution >= 0.6 is 0 Å². The second-order valence-corrected chi connectivity index (χ2v) is 4.82. The van der Waals surface area contributed by atoms with Gasteiger partial charge in [0.25, 0.3) is 0 Å². The molecule has 1 heterocycles. The van der Waals surface area contributed by atoms with Crippen molar-refractivity contribution >= 4 is 5.91 Å². The van der Waals surface area contributed by atoms with Crippen LogP contribution in [0.5, 0.6) is 0 Å². The molecule has 3 nitrogen and oxygen atoms in total. The van der Waals surface area contributed by atoms with Crippen LogP contribution in [-0.4, -0.2) is 37.0 Å². The fraction of sp³-hybridized carbons (Fsp3) is 0.500. The lowest BCUT2D eigenvalue weighted by Gasteiger charge is -2.23. The Hall–Kier alpha value is -1.35. The number of hydrogen-bond donors (Lipinski definition) is 1. The summed E-state index contributed by atoms with van der Waals surface area (Å²) in [5.41, 5.74) is 2.31. The van der Waals surface area contributed by atoms with E-state index in [-0.39, 0.29) is 5.91 Å². The molecule has 2 rings (SSSR count). The zero-order valence-electron chi connectivity index (χ0n) is 10.6. The van der Waals surface area contributed by atoms with Crippen LogP contribution in [0.15, 0.2) is 24.3 Å². The van der Waals surface area contributed by atoms with E-state index in [1.165, 1.54) is 5.56 Å². The van der Waals surface area contributed by atoms with Gasteiger partial charge in [-0.2, -0.15) is 0 Å². The zero-order valence-corrected chi connectivity index (χ0v) is 10.6. The molecule has 92 valence electrons. The number of rotatable bonds is 3. The molecule has 1 amide bonds. The molecule has 17 heavy (non-hydrogen) atoms. The number of benzene rings is 1. The summed E-state index contributed by atoms with van der Waals surface area (Å²) in [5.74, 6) is 0.212. The van der Waals surface area contributed by atoms with E-state index in [0.29, 0.717) is 12.5 Å². The van der Waals surface area contributed by atoms with Gasteiger partial charge in [-0.3, -0.25) is 4.79 Å². The zero-order chi connectivity index (χ0) is 12.3. The van der Waals surface area contributed by atoms with Crippen LogP contribution in [-0.2, 0) is 11.2 Å². The number of likely N-dealkylation sites (N-methyl/N-ethyl adjacent to an activating group) is 1. The Labute approximate surface area is 103 Å². The largest absolute Gasteiger partial charge is 0.341 e. The van der Waals surface area contributed by atoms with Crippen molar-refractivity contribution in [3.05, 3.63) is 35.4 Å². The molecule has 0 bridgehead atoms. The Morgan fingerprint density at radius 3 is 3.00 bits per heavy atom. The number of carbonyl (C=O) groups excluding carboxylic acids is 1. The summed E-state index contributed by atoms with van der Waals surface area (Å²) in [6.45, 7) is 4.00. The molecular formula is C14H20N2O. The summed E-state index contributed by atoms with van der Waals surface area (Å²) >= 11 is 0. The average Bonchev–Trinajstić information content (AvgIpc) is 2.81. The van der Waals surface area contributed by atoms with Gasteiger partial charge in [0, 0.05) is 19.6 Å². The standard InChI is InChI=1S/C14H20N2O/c1-11-4-3-5-12(8-11)9-14(17)16(2)13-6-7-15-10-13/h3-5,8,13,15H,6-7,9-10H2,1-2H3. The third-order valence-corrected chi connectivity index (χ3v) is 3.41. The van der Waals surface area contributed by atoms with Crippen LogP contribution in [0, 0.1) is 6.92 Å². The second-order valence-electron chi connectivity index (χ2n) is 4.82. The molecular weight excluding hydrogens is 212 g/mol. The molecule has 0 saturated carbocycles. The smallest absolute Gasteiger partial charge is 0.227 e. The van der Waals surface area contributed by atoms with Gasteiger partial charge in [-0.15, -0.1) is 0 Å². The maximum atomic E-state index is 12.1. The van der Waals surface area contributed by atoms with Gasteiger partial charge < -0.3 is 10.2 Å². The van der Waals surface area contributed by atoms with Gasteiger partial charge >= 0.3 is 0 Å². The van der Waals surface area contributed by atoms with Gasteiger partial charge in [0.05, 0.1) is 6.42 Å². The van der Waals surface area contributed by atoms with Crippen LogP contribution < -0.4 is 5.32 Å². The summed E-state index contributed by atoms with van der Waals surface area (Å²) < 4.78 is 0. The molecule has 0 aliphatic carbocycles. The predicted octanol–water partition coefficient (Wildman–Crippen LogP) is 1.36. The van der Waals surface area contributed by atoms with E-state index >= 15 is 0 Å². The first kappa shape index (κ1) is 12.1. The summed E-state index contributed by atoms with van der Waals surface area (Å²) in [7, 11) is 1.91. The Kier molecular flexibility index (Phi) is 3.79. The Morgan fingerprint density at radius 2 is 2.35 bits per heavy atom.